The van der Waals surface area contributed by atoms with Crippen LogP contribution in [-0.2, 0) is 0 Å². The van der Waals surface area contributed by atoms with Crippen molar-refractivity contribution >= 4 is 29.0 Å². The van der Waals surface area contributed by atoms with Crippen molar-refractivity contribution in [3.05, 3.63) is 54.1 Å². The summed E-state index contributed by atoms with van der Waals surface area (Å²) in [5.74, 6) is -0.364. The minimum atomic E-state index is -0.836. The third-order valence-electron chi connectivity index (χ3n) is 3.71. The highest BCUT2D eigenvalue weighted by Crippen LogP contribution is 2.26. The molecule has 0 radical (unpaired) electrons. The van der Waals surface area contributed by atoms with Gasteiger partial charge in [0.25, 0.3) is 5.91 Å². The molecule has 0 saturated heterocycles. The Hall–Kier alpha value is -2.22. The first-order valence-electron chi connectivity index (χ1n) is 8.77. The maximum Gasteiger partial charge on any atom is 0.251 e. The molecule has 0 aliphatic heterocycles. The number of carbonyl (C=O) groups excluding carboxylic acids is 1. The molecule has 0 bridgehead atoms. The van der Waals surface area contributed by atoms with Crippen molar-refractivity contribution in [2.75, 3.05) is 6.61 Å². The molecule has 2 aromatic rings. The number of aliphatic hydroxyl groups excluding tert-OH is 2. The van der Waals surface area contributed by atoms with Crippen molar-refractivity contribution in [3.63, 3.8) is 0 Å². The number of amides is 1. The molecule has 0 spiro atoms. The number of rotatable bonds is 8. The summed E-state index contributed by atoms with van der Waals surface area (Å²) in [6.45, 7) is 5.48. The van der Waals surface area contributed by atoms with Gasteiger partial charge in [0, 0.05) is 15.7 Å². The molecule has 27 heavy (non-hydrogen) atoms. The third-order valence-corrected chi connectivity index (χ3v) is 4.73. The summed E-state index contributed by atoms with van der Waals surface area (Å²) in [5, 5.41) is 30.2. The number of aliphatic hydroxyl groups is 2. The average Bonchev–Trinajstić information content (AvgIpc) is 2.65. The molecule has 0 heterocycles. The number of nitrogens with one attached hydrogen (secondary N) is 1. The van der Waals surface area contributed by atoms with Crippen molar-refractivity contribution < 1.29 is 15.0 Å². The van der Waals surface area contributed by atoms with Crippen molar-refractivity contribution in [1.29, 1.82) is 0 Å². The Morgan fingerprint density at radius 3 is 1.96 bits per heavy atom. The lowest BCUT2D eigenvalue weighted by Crippen LogP contribution is -2.44. The molecule has 3 N–H and O–H groups in total. The van der Waals surface area contributed by atoms with Gasteiger partial charge in [-0.1, -0.05) is 13.8 Å². The Kier molecular flexibility index (Phi) is 7.97. The molecule has 0 fully saturated rings. The van der Waals surface area contributed by atoms with E-state index in [4.69, 9.17) is 0 Å². The Balaban J connectivity index is 1.98. The predicted octanol–water partition coefficient (Wildman–Crippen LogP) is 4.07. The zero-order valence-electron chi connectivity index (χ0n) is 15.7. The lowest BCUT2D eigenvalue weighted by molar-refractivity contribution is 0.0758. The van der Waals surface area contributed by atoms with E-state index in [9.17, 15) is 15.0 Å². The van der Waals surface area contributed by atoms with Gasteiger partial charge in [-0.25, -0.2) is 0 Å². The van der Waals surface area contributed by atoms with Crippen molar-refractivity contribution in [2.24, 2.45) is 10.2 Å². The number of hydrogen-bond donors (Lipinski definition) is 3. The van der Waals surface area contributed by atoms with E-state index in [1.807, 2.05) is 24.3 Å². The molecule has 7 heteroatoms. The second kappa shape index (κ2) is 10.2. The Labute approximate surface area is 163 Å². The average molecular weight is 388 g/mol. The molecule has 0 aromatic heterocycles. The van der Waals surface area contributed by atoms with Gasteiger partial charge < -0.3 is 15.5 Å². The summed E-state index contributed by atoms with van der Waals surface area (Å²) in [4.78, 5) is 13.3. The summed E-state index contributed by atoms with van der Waals surface area (Å²) in [5.41, 5.74) is 1.80. The Morgan fingerprint density at radius 2 is 1.52 bits per heavy atom. The normalized spacial score (nSPS) is 13.7. The van der Waals surface area contributed by atoms with E-state index < -0.39 is 12.1 Å². The first-order valence-corrected chi connectivity index (χ1v) is 9.65. The van der Waals surface area contributed by atoms with Gasteiger partial charge in [-0.2, -0.15) is 10.2 Å². The van der Waals surface area contributed by atoms with Crippen LogP contribution in [0.2, 0.25) is 0 Å². The lowest BCUT2D eigenvalue weighted by Gasteiger charge is -2.18. The molecule has 0 aliphatic rings. The summed E-state index contributed by atoms with van der Waals surface area (Å²) in [6.07, 6.45) is -0.836. The number of thioether (sulfide) groups is 1. The molecule has 0 unspecified atom stereocenters. The topological polar surface area (TPSA) is 94.3 Å². The standard InChI is InChI=1S/C20H25N3O3S/c1-13(2)27-18-10-8-17(9-11-18)23-22-16-6-4-15(5-7-16)20(26)21-19(12-24)14(3)25/h4-11,13-14,19,24-25H,12H2,1-3H3,(H,21,26)/t14-,19-/m1/s1. The van der Waals surface area contributed by atoms with Gasteiger partial charge in [0.15, 0.2) is 0 Å². The second-order valence-electron chi connectivity index (χ2n) is 6.41. The molecule has 0 saturated carbocycles. The van der Waals surface area contributed by atoms with Crippen molar-refractivity contribution in [2.45, 2.75) is 43.1 Å². The van der Waals surface area contributed by atoms with E-state index in [2.05, 4.69) is 29.4 Å². The molecular formula is C20H25N3O3S. The lowest BCUT2D eigenvalue weighted by atomic mass is 10.1. The molecule has 0 aliphatic carbocycles. The van der Waals surface area contributed by atoms with Gasteiger partial charge in [-0.15, -0.1) is 11.8 Å². The minimum Gasteiger partial charge on any atom is -0.394 e. The molecule has 1 amide bonds. The number of benzene rings is 2. The van der Waals surface area contributed by atoms with E-state index in [1.54, 1.807) is 36.0 Å². The maximum absolute atomic E-state index is 12.1. The van der Waals surface area contributed by atoms with E-state index in [0.29, 0.717) is 16.5 Å². The third kappa shape index (κ3) is 6.78. The molecule has 2 atom stereocenters. The van der Waals surface area contributed by atoms with Crippen LogP contribution < -0.4 is 5.32 Å². The van der Waals surface area contributed by atoms with Crippen molar-refractivity contribution in [1.82, 2.24) is 5.32 Å². The number of hydrogen-bond acceptors (Lipinski definition) is 6. The molecule has 2 aromatic carbocycles. The fourth-order valence-electron chi connectivity index (χ4n) is 2.23. The molecule has 6 nitrogen and oxygen atoms in total. The fourth-order valence-corrected chi connectivity index (χ4v) is 3.07. The Bertz CT molecular complexity index is 759. The Morgan fingerprint density at radius 1 is 1.00 bits per heavy atom. The van der Waals surface area contributed by atoms with Crippen LogP contribution in [0.25, 0.3) is 0 Å². The van der Waals surface area contributed by atoms with Crippen LogP contribution >= 0.6 is 11.8 Å². The summed E-state index contributed by atoms with van der Waals surface area (Å²) in [7, 11) is 0. The second-order valence-corrected chi connectivity index (χ2v) is 8.06. The highest BCUT2D eigenvalue weighted by molar-refractivity contribution is 7.99. The molecule has 2 rings (SSSR count). The van der Waals surface area contributed by atoms with Crippen LogP contribution in [0, 0.1) is 0 Å². The van der Waals surface area contributed by atoms with Crippen LogP contribution in [0.15, 0.2) is 63.7 Å². The summed E-state index contributed by atoms with van der Waals surface area (Å²) < 4.78 is 0. The predicted molar refractivity (Wildman–Crippen MR) is 108 cm³/mol. The highest BCUT2D eigenvalue weighted by atomic mass is 32.2. The van der Waals surface area contributed by atoms with Gasteiger partial charge >= 0.3 is 0 Å². The monoisotopic (exact) mass is 387 g/mol. The number of carbonyl (C=O) groups is 1. The van der Waals surface area contributed by atoms with E-state index >= 15 is 0 Å². The van der Waals surface area contributed by atoms with E-state index in [0.717, 1.165) is 5.69 Å². The zero-order valence-corrected chi connectivity index (χ0v) is 16.5. The van der Waals surface area contributed by atoms with Gasteiger partial charge in [-0.3, -0.25) is 4.79 Å². The minimum absolute atomic E-state index is 0.329. The first kappa shape index (κ1) is 21.1. The quantitative estimate of drug-likeness (QED) is 0.470. The molecule has 144 valence electrons. The van der Waals surface area contributed by atoms with Crippen LogP contribution in [0.3, 0.4) is 0 Å². The largest absolute Gasteiger partial charge is 0.394 e. The number of nitrogens with zero attached hydrogens (tertiary/aromatic N) is 2. The van der Waals surface area contributed by atoms with Crippen LogP contribution in [0.5, 0.6) is 0 Å². The van der Waals surface area contributed by atoms with E-state index in [-0.39, 0.29) is 12.5 Å². The summed E-state index contributed by atoms with van der Waals surface area (Å²) in [6, 6.07) is 13.8. The van der Waals surface area contributed by atoms with Crippen LogP contribution in [0.1, 0.15) is 31.1 Å². The smallest absolute Gasteiger partial charge is 0.251 e. The van der Waals surface area contributed by atoms with Gasteiger partial charge in [0.2, 0.25) is 0 Å². The van der Waals surface area contributed by atoms with E-state index in [1.165, 1.54) is 11.8 Å². The fraction of sp³-hybridized carbons (Fsp3) is 0.350. The maximum atomic E-state index is 12.1. The van der Waals surface area contributed by atoms with Gasteiger partial charge in [0.05, 0.1) is 30.1 Å². The van der Waals surface area contributed by atoms with Crippen LogP contribution in [-0.4, -0.2) is 40.1 Å². The molecular weight excluding hydrogens is 362 g/mol. The highest BCUT2D eigenvalue weighted by Gasteiger charge is 2.17. The first-order chi connectivity index (χ1) is 12.9. The number of azo groups is 1. The summed E-state index contributed by atoms with van der Waals surface area (Å²) >= 11 is 1.79. The van der Waals surface area contributed by atoms with Gasteiger partial charge in [0.1, 0.15) is 0 Å². The SMILES string of the molecule is CC(C)Sc1ccc(N=Nc2ccc(C(=O)N[C@H](CO)[C@@H](C)O)cc2)cc1. The van der Waals surface area contributed by atoms with Crippen LogP contribution in [0.4, 0.5) is 11.4 Å². The van der Waals surface area contributed by atoms with Gasteiger partial charge in [-0.05, 0) is 55.5 Å². The zero-order chi connectivity index (χ0) is 19.8. The van der Waals surface area contributed by atoms with Crippen molar-refractivity contribution in [3.8, 4) is 0 Å².